The van der Waals surface area contributed by atoms with Crippen LogP contribution in [0.2, 0.25) is 5.02 Å². The van der Waals surface area contributed by atoms with Crippen LogP contribution in [-0.2, 0) is 4.74 Å². The molecule has 2 aromatic carbocycles. The molecule has 1 atom stereocenters. The Morgan fingerprint density at radius 1 is 1.13 bits per heavy atom. The predicted octanol–water partition coefficient (Wildman–Crippen LogP) is 4.33. The lowest BCUT2D eigenvalue weighted by Gasteiger charge is -2.45. The average molecular weight is 330 g/mol. The zero-order chi connectivity index (χ0) is 16.4. The summed E-state index contributed by atoms with van der Waals surface area (Å²) >= 11 is 5.92. The third kappa shape index (κ3) is 3.41. The number of morpholine rings is 1. The minimum absolute atomic E-state index is 0.0101. The molecule has 0 radical (unpaired) electrons. The number of carbonyl (C=O) groups excluding carboxylic acids is 1. The predicted molar refractivity (Wildman–Crippen MR) is 91.7 cm³/mol. The van der Waals surface area contributed by atoms with Crippen molar-refractivity contribution in [2.75, 3.05) is 13.2 Å². The van der Waals surface area contributed by atoms with Gasteiger partial charge in [0.1, 0.15) is 6.10 Å². The molecule has 1 saturated heterocycles. The normalized spacial score (nSPS) is 20.3. The van der Waals surface area contributed by atoms with Crippen LogP contribution < -0.4 is 0 Å². The Morgan fingerprint density at radius 3 is 2.43 bits per heavy atom. The van der Waals surface area contributed by atoms with Gasteiger partial charge in [-0.2, -0.15) is 0 Å². The van der Waals surface area contributed by atoms with Crippen molar-refractivity contribution in [2.45, 2.75) is 25.5 Å². The first-order valence-electron chi connectivity index (χ1n) is 7.71. The second kappa shape index (κ2) is 6.34. The van der Waals surface area contributed by atoms with Crippen LogP contribution in [0.1, 0.15) is 35.9 Å². The Morgan fingerprint density at radius 2 is 1.78 bits per heavy atom. The minimum Gasteiger partial charge on any atom is -0.369 e. The summed E-state index contributed by atoms with van der Waals surface area (Å²) in [5.74, 6) is 0.0101. The van der Waals surface area contributed by atoms with Crippen molar-refractivity contribution in [3.05, 3.63) is 70.7 Å². The number of halogens is 1. The number of rotatable bonds is 2. The lowest BCUT2D eigenvalue weighted by atomic mass is 9.97. The maximum Gasteiger partial charge on any atom is 0.254 e. The van der Waals surface area contributed by atoms with E-state index in [0.29, 0.717) is 23.7 Å². The summed E-state index contributed by atoms with van der Waals surface area (Å²) < 4.78 is 6.00. The second-order valence-electron chi connectivity index (χ2n) is 6.45. The van der Waals surface area contributed by atoms with Gasteiger partial charge in [-0.1, -0.05) is 41.9 Å². The maximum atomic E-state index is 12.9. The van der Waals surface area contributed by atoms with Gasteiger partial charge in [0.25, 0.3) is 5.91 Å². The highest BCUT2D eigenvalue weighted by Crippen LogP contribution is 2.31. The van der Waals surface area contributed by atoms with Gasteiger partial charge in [-0.3, -0.25) is 4.79 Å². The van der Waals surface area contributed by atoms with Gasteiger partial charge >= 0.3 is 0 Å². The standard InChI is InChI=1S/C19H20ClNO2/c1-19(2)13-23-17(14-6-4-3-5-7-14)12-21(19)18(22)15-8-10-16(20)11-9-15/h3-11,17H,12-13H2,1-2H3. The zero-order valence-corrected chi connectivity index (χ0v) is 14.1. The number of carbonyl (C=O) groups is 1. The van der Waals surface area contributed by atoms with Gasteiger partial charge in [-0.25, -0.2) is 0 Å². The van der Waals surface area contributed by atoms with E-state index < -0.39 is 0 Å². The number of hydrogen-bond donors (Lipinski definition) is 0. The monoisotopic (exact) mass is 329 g/mol. The van der Waals surface area contributed by atoms with E-state index in [1.807, 2.05) is 49.1 Å². The van der Waals surface area contributed by atoms with Gasteiger partial charge in [0.05, 0.1) is 18.7 Å². The van der Waals surface area contributed by atoms with E-state index in [4.69, 9.17) is 16.3 Å². The number of nitrogens with zero attached hydrogens (tertiary/aromatic N) is 1. The molecule has 23 heavy (non-hydrogen) atoms. The maximum absolute atomic E-state index is 12.9. The molecule has 0 bridgehead atoms. The highest BCUT2D eigenvalue weighted by Gasteiger charge is 2.38. The van der Waals surface area contributed by atoms with Crippen molar-refractivity contribution in [1.29, 1.82) is 0 Å². The summed E-state index contributed by atoms with van der Waals surface area (Å²) in [4.78, 5) is 14.8. The van der Waals surface area contributed by atoms with Gasteiger partial charge in [0.2, 0.25) is 0 Å². The molecule has 0 aromatic heterocycles. The van der Waals surface area contributed by atoms with Crippen LogP contribution >= 0.6 is 11.6 Å². The van der Waals surface area contributed by atoms with E-state index in [0.717, 1.165) is 5.56 Å². The molecular formula is C19H20ClNO2. The number of benzene rings is 2. The Bertz CT molecular complexity index is 682. The molecule has 3 rings (SSSR count). The summed E-state index contributed by atoms with van der Waals surface area (Å²) in [5, 5.41) is 0.630. The van der Waals surface area contributed by atoms with Crippen LogP contribution in [-0.4, -0.2) is 29.5 Å². The summed E-state index contributed by atoms with van der Waals surface area (Å²) in [5.41, 5.74) is 1.40. The highest BCUT2D eigenvalue weighted by atomic mass is 35.5. The summed E-state index contributed by atoms with van der Waals surface area (Å²) in [6, 6.07) is 17.1. The molecule has 4 heteroatoms. The number of amides is 1. The Labute approximate surface area is 141 Å². The highest BCUT2D eigenvalue weighted by molar-refractivity contribution is 6.30. The molecular weight excluding hydrogens is 310 g/mol. The number of ether oxygens (including phenoxy) is 1. The van der Waals surface area contributed by atoms with Gasteiger partial charge in [-0.05, 0) is 43.7 Å². The first kappa shape index (κ1) is 16.0. The SMILES string of the molecule is CC1(C)COC(c2ccccc2)CN1C(=O)c1ccc(Cl)cc1. The molecule has 1 unspecified atom stereocenters. The molecule has 1 amide bonds. The molecule has 1 aliphatic rings. The van der Waals surface area contributed by atoms with Crippen molar-refractivity contribution in [2.24, 2.45) is 0 Å². The van der Waals surface area contributed by atoms with Crippen LogP contribution in [0.3, 0.4) is 0 Å². The summed E-state index contributed by atoms with van der Waals surface area (Å²) in [6.45, 7) is 5.11. The van der Waals surface area contributed by atoms with E-state index in [2.05, 4.69) is 0 Å². The molecule has 0 N–H and O–H groups in total. The Hall–Kier alpha value is -1.84. The fourth-order valence-corrected chi connectivity index (χ4v) is 2.95. The largest absolute Gasteiger partial charge is 0.369 e. The quantitative estimate of drug-likeness (QED) is 0.820. The smallest absolute Gasteiger partial charge is 0.254 e. The van der Waals surface area contributed by atoms with Gasteiger partial charge in [0.15, 0.2) is 0 Å². The van der Waals surface area contributed by atoms with E-state index in [1.165, 1.54) is 0 Å². The third-order valence-electron chi connectivity index (χ3n) is 4.22. The molecule has 0 aliphatic carbocycles. The Balaban J connectivity index is 1.85. The van der Waals surface area contributed by atoms with E-state index in [9.17, 15) is 4.79 Å². The van der Waals surface area contributed by atoms with Crippen LogP contribution in [0.4, 0.5) is 0 Å². The molecule has 1 fully saturated rings. The molecule has 0 saturated carbocycles. The summed E-state index contributed by atoms with van der Waals surface area (Å²) in [7, 11) is 0. The minimum atomic E-state index is -0.345. The van der Waals surface area contributed by atoms with Gasteiger partial charge in [0, 0.05) is 10.6 Å². The van der Waals surface area contributed by atoms with Crippen LogP contribution in [0.25, 0.3) is 0 Å². The zero-order valence-electron chi connectivity index (χ0n) is 13.3. The summed E-state index contributed by atoms with van der Waals surface area (Å²) in [6.07, 6.45) is -0.0968. The van der Waals surface area contributed by atoms with Crippen molar-refractivity contribution in [3.8, 4) is 0 Å². The van der Waals surface area contributed by atoms with Gasteiger partial charge < -0.3 is 9.64 Å². The first-order chi connectivity index (χ1) is 11.0. The molecule has 1 aliphatic heterocycles. The van der Waals surface area contributed by atoms with Crippen molar-refractivity contribution in [3.63, 3.8) is 0 Å². The van der Waals surface area contributed by atoms with Crippen molar-refractivity contribution < 1.29 is 9.53 Å². The van der Waals surface area contributed by atoms with E-state index in [-0.39, 0.29) is 17.6 Å². The van der Waals surface area contributed by atoms with Crippen LogP contribution in [0.15, 0.2) is 54.6 Å². The molecule has 0 spiro atoms. The Kier molecular flexibility index (Phi) is 4.42. The van der Waals surface area contributed by atoms with E-state index in [1.54, 1.807) is 24.3 Å². The van der Waals surface area contributed by atoms with Crippen LogP contribution in [0.5, 0.6) is 0 Å². The fraction of sp³-hybridized carbons (Fsp3) is 0.316. The molecule has 120 valence electrons. The van der Waals surface area contributed by atoms with Crippen molar-refractivity contribution >= 4 is 17.5 Å². The van der Waals surface area contributed by atoms with Gasteiger partial charge in [-0.15, -0.1) is 0 Å². The fourth-order valence-electron chi connectivity index (χ4n) is 2.82. The lowest BCUT2D eigenvalue weighted by Crippen LogP contribution is -2.56. The molecule has 2 aromatic rings. The average Bonchev–Trinajstić information content (AvgIpc) is 2.55. The third-order valence-corrected chi connectivity index (χ3v) is 4.48. The topological polar surface area (TPSA) is 29.5 Å². The van der Waals surface area contributed by atoms with Crippen LogP contribution in [0, 0.1) is 0 Å². The second-order valence-corrected chi connectivity index (χ2v) is 6.88. The van der Waals surface area contributed by atoms with Crippen molar-refractivity contribution in [1.82, 2.24) is 4.90 Å². The lowest BCUT2D eigenvalue weighted by molar-refractivity contribution is -0.0846. The molecule has 3 nitrogen and oxygen atoms in total. The molecule has 1 heterocycles. The first-order valence-corrected chi connectivity index (χ1v) is 8.09. The van der Waals surface area contributed by atoms with E-state index >= 15 is 0 Å². The number of hydrogen-bond acceptors (Lipinski definition) is 2.